The third-order valence-corrected chi connectivity index (χ3v) is 1.72. The predicted octanol–water partition coefficient (Wildman–Crippen LogP) is 1.28. The first-order valence-corrected chi connectivity index (χ1v) is 4.99. The summed E-state index contributed by atoms with van der Waals surface area (Å²) in [5.41, 5.74) is -0.0441. The molecular formula is C11H15BO4. The molecule has 0 aromatic heterocycles. The second-order valence-corrected chi connectivity index (χ2v) is 4.30. The van der Waals surface area contributed by atoms with Gasteiger partial charge in [-0.1, -0.05) is 0 Å². The van der Waals surface area contributed by atoms with Gasteiger partial charge in [-0.05, 0) is 45.0 Å². The number of benzene rings is 1. The Morgan fingerprint density at radius 3 is 2.25 bits per heavy atom. The van der Waals surface area contributed by atoms with Crippen LogP contribution in [0.3, 0.4) is 0 Å². The lowest BCUT2D eigenvalue weighted by molar-refractivity contribution is 0.00696. The highest BCUT2D eigenvalue weighted by atomic mass is 16.6. The summed E-state index contributed by atoms with van der Waals surface area (Å²) in [4.78, 5) is 11.6. The van der Waals surface area contributed by atoms with Gasteiger partial charge in [-0.2, -0.15) is 0 Å². The lowest BCUT2D eigenvalue weighted by atomic mass is 10.1. The first-order valence-electron chi connectivity index (χ1n) is 4.99. The third-order valence-electron chi connectivity index (χ3n) is 1.72. The fourth-order valence-corrected chi connectivity index (χ4v) is 1.10. The van der Waals surface area contributed by atoms with E-state index in [2.05, 4.69) is 0 Å². The molecule has 0 aliphatic carbocycles. The van der Waals surface area contributed by atoms with E-state index in [1.807, 2.05) is 20.8 Å². The van der Waals surface area contributed by atoms with Crippen LogP contribution in [0, 0.1) is 0 Å². The molecule has 86 valence electrons. The van der Waals surface area contributed by atoms with Gasteiger partial charge in [-0.15, -0.1) is 0 Å². The first kappa shape index (κ1) is 12.6. The summed E-state index contributed by atoms with van der Waals surface area (Å²) in [7, 11) is -0.383. The van der Waals surface area contributed by atoms with Crippen LogP contribution in [-0.4, -0.2) is 24.3 Å². The van der Waals surface area contributed by atoms with Crippen LogP contribution in [-0.2, 0) is 4.74 Å². The minimum absolute atomic E-state index is 0.372. The highest BCUT2D eigenvalue weighted by Gasteiger charge is 2.17. The molecule has 0 fully saturated rings. The average molecular weight is 222 g/mol. The van der Waals surface area contributed by atoms with Crippen LogP contribution in [0.2, 0.25) is 0 Å². The molecule has 0 aliphatic rings. The van der Waals surface area contributed by atoms with Crippen molar-refractivity contribution < 1.29 is 19.2 Å². The van der Waals surface area contributed by atoms with Gasteiger partial charge in [0.2, 0.25) is 0 Å². The van der Waals surface area contributed by atoms with Gasteiger partial charge >= 0.3 is 13.7 Å². The molecule has 0 radical (unpaired) electrons. The normalized spacial score (nSPS) is 10.8. The van der Waals surface area contributed by atoms with E-state index in [9.17, 15) is 4.79 Å². The highest BCUT2D eigenvalue weighted by molar-refractivity contribution is 6.17. The van der Waals surface area contributed by atoms with E-state index in [1.165, 1.54) is 0 Å². The molecule has 0 saturated carbocycles. The van der Waals surface area contributed by atoms with E-state index in [0.717, 1.165) is 0 Å². The van der Waals surface area contributed by atoms with Gasteiger partial charge in [-0.25, -0.2) is 4.79 Å². The fraction of sp³-hybridized carbons (Fsp3) is 0.364. The van der Waals surface area contributed by atoms with Crippen LogP contribution in [0.4, 0.5) is 0 Å². The predicted molar refractivity (Wildman–Crippen MR) is 61.6 cm³/mol. The van der Waals surface area contributed by atoms with Crippen molar-refractivity contribution in [3.63, 3.8) is 0 Å². The molecule has 0 bridgehead atoms. The molecule has 1 aromatic carbocycles. The lowest BCUT2D eigenvalue weighted by Gasteiger charge is -2.19. The molecule has 4 nitrogen and oxygen atoms in total. The Morgan fingerprint density at radius 1 is 1.25 bits per heavy atom. The topological polar surface area (TPSA) is 55.8 Å². The molecule has 0 atom stereocenters. The number of carbonyl (C=O) groups is 1. The molecular weight excluding hydrogens is 207 g/mol. The SMILES string of the molecule is CC(C)(C)OC(=O)c1ccc(OBO)cc1. The van der Waals surface area contributed by atoms with Crippen molar-refractivity contribution in [2.24, 2.45) is 0 Å². The van der Waals surface area contributed by atoms with Crippen molar-refractivity contribution in [3.8, 4) is 5.75 Å². The maximum absolute atomic E-state index is 11.6. The quantitative estimate of drug-likeness (QED) is 0.618. The molecule has 0 saturated heterocycles. The van der Waals surface area contributed by atoms with Gasteiger partial charge in [0.25, 0.3) is 0 Å². The summed E-state index contributed by atoms with van der Waals surface area (Å²) in [6, 6.07) is 6.41. The largest absolute Gasteiger partial charge is 0.539 e. The summed E-state index contributed by atoms with van der Waals surface area (Å²) in [6.45, 7) is 5.44. The second-order valence-electron chi connectivity index (χ2n) is 4.30. The Labute approximate surface area is 95.5 Å². The van der Waals surface area contributed by atoms with Gasteiger partial charge in [0.15, 0.2) is 0 Å². The van der Waals surface area contributed by atoms with Gasteiger partial charge < -0.3 is 14.4 Å². The molecule has 0 unspecified atom stereocenters. The summed E-state index contributed by atoms with van der Waals surface area (Å²) in [5, 5.41) is 8.54. The van der Waals surface area contributed by atoms with Gasteiger partial charge in [0.1, 0.15) is 11.4 Å². The summed E-state index contributed by atoms with van der Waals surface area (Å²) in [5.74, 6) is 0.137. The zero-order chi connectivity index (χ0) is 12.2. The molecule has 0 heterocycles. The van der Waals surface area contributed by atoms with Crippen LogP contribution in [0.1, 0.15) is 31.1 Å². The molecule has 0 spiro atoms. The van der Waals surface area contributed by atoms with Gasteiger partial charge in [0.05, 0.1) is 5.56 Å². The Bertz CT molecular complexity index is 353. The molecule has 0 aliphatic heterocycles. The summed E-state index contributed by atoms with van der Waals surface area (Å²) in [6.07, 6.45) is 0. The zero-order valence-electron chi connectivity index (χ0n) is 9.69. The molecule has 1 N–H and O–H groups in total. The van der Waals surface area contributed by atoms with Crippen LogP contribution < -0.4 is 4.65 Å². The van der Waals surface area contributed by atoms with Gasteiger partial charge in [0, 0.05) is 0 Å². The summed E-state index contributed by atoms with van der Waals surface area (Å²) >= 11 is 0. The van der Waals surface area contributed by atoms with Crippen LogP contribution in [0.5, 0.6) is 5.75 Å². The van der Waals surface area contributed by atoms with Gasteiger partial charge in [-0.3, -0.25) is 0 Å². The van der Waals surface area contributed by atoms with E-state index < -0.39 is 5.60 Å². The number of hydrogen-bond donors (Lipinski definition) is 1. The number of ether oxygens (including phenoxy) is 1. The van der Waals surface area contributed by atoms with Crippen LogP contribution in [0.15, 0.2) is 24.3 Å². The van der Waals surface area contributed by atoms with E-state index in [1.54, 1.807) is 24.3 Å². The Hall–Kier alpha value is -1.49. The van der Waals surface area contributed by atoms with E-state index in [4.69, 9.17) is 14.4 Å². The van der Waals surface area contributed by atoms with E-state index in [-0.39, 0.29) is 13.7 Å². The summed E-state index contributed by atoms with van der Waals surface area (Å²) < 4.78 is 10.0. The number of carbonyl (C=O) groups excluding carboxylic acids is 1. The minimum atomic E-state index is -0.503. The van der Waals surface area contributed by atoms with Crippen molar-refractivity contribution in [2.45, 2.75) is 26.4 Å². The molecule has 1 rings (SSSR count). The number of rotatable bonds is 3. The standard InChI is InChI=1S/C11H15BO4/c1-11(2,3)15-10(13)8-4-6-9(7-5-8)16-12-14/h4-7,12,14H,1-3H3. The second kappa shape index (κ2) is 5.03. The van der Waals surface area contributed by atoms with Crippen LogP contribution >= 0.6 is 0 Å². The molecule has 5 heteroatoms. The molecule has 1 aromatic rings. The van der Waals surface area contributed by atoms with Crippen molar-refractivity contribution in [1.82, 2.24) is 0 Å². The maximum atomic E-state index is 11.6. The third kappa shape index (κ3) is 3.94. The monoisotopic (exact) mass is 222 g/mol. The molecule has 16 heavy (non-hydrogen) atoms. The Balaban J connectivity index is 2.70. The minimum Gasteiger partial charge on any atom is -0.539 e. The Kier molecular flexibility index (Phi) is 3.96. The number of esters is 1. The van der Waals surface area contributed by atoms with Crippen molar-refractivity contribution in [2.75, 3.05) is 0 Å². The Morgan fingerprint density at radius 2 is 1.81 bits per heavy atom. The lowest BCUT2D eigenvalue weighted by Crippen LogP contribution is -2.23. The molecule has 0 amide bonds. The van der Waals surface area contributed by atoms with E-state index in [0.29, 0.717) is 11.3 Å². The number of hydrogen-bond acceptors (Lipinski definition) is 4. The maximum Gasteiger partial charge on any atom is 0.504 e. The smallest absolute Gasteiger partial charge is 0.504 e. The van der Waals surface area contributed by atoms with Crippen molar-refractivity contribution in [3.05, 3.63) is 29.8 Å². The average Bonchev–Trinajstić information content (AvgIpc) is 2.16. The first-order chi connectivity index (χ1) is 7.42. The fourth-order valence-electron chi connectivity index (χ4n) is 1.10. The van der Waals surface area contributed by atoms with Crippen LogP contribution in [0.25, 0.3) is 0 Å². The van der Waals surface area contributed by atoms with Crippen molar-refractivity contribution in [1.29, 1.82) is 0 Å². The van der Waals surface area contributed by atoms with E-state index >= 15 is 0 Å². The highest BCUT2D eigenvalue weighted by Crippen LogP contribution is 2.15. The van der Waals surface area contributed by atoms with Crippen molar-refractivity contribution >= 4 is 13.7 Å². The zero-order valence-corrected chi connectivity index (χ0v) is 9.69.